The zero-order valence-electron chi connectivity index (χ0n) is 9.38. The topological polar surface area (TPSA) is 30.7 Å². The van der Waals surface area contributed by atoms with Gasteiger partial charge in [-0.2, -0.15) is 0 Å². The van der Waals surface area contributed by atoms with Crippen molar-refractivity contribution in [3.8, 4) is 0 Å². The second-order valence-corrected chi connectivity index (χ2v) is 4.23. The minimum Gasteiger partial charge on any atom is -0.321 e. The van der Waals surface area contributed by atoms with Crippen LogP contribution in [-0.2, 0) is 0 Å². The van der Waals surface area contributed by atoms with Crippen molar-refractivity contribution in [3.63, 3.8) is 0 Å². The number of aromatic nitrogens is 3. The average Bonchev–Trinajstić information content (AvgIpc) is 2.63. The highest BCUT2D eigenvalue weighted by atomic mass is 15.1. The number of hydrogen-bond acceptors (Lipinski definition) is 2. The monoisotopic (exact) mass is 211 g/mol. The van der Waals surface area contributed by atoms with Gasteiger partial charge < -0.3 is 4.57 Å². The molecule has 0 N–H and O–H groups in total. The molecule has 3 aromatic rings. The van der Waals surface area contributed by atoms with Crippen molar-refractivity contribution in [3.05, 3.63) is 36.8 Å². The Labute approximate surface area is 93.7 Å². The molecule has 0 saturated carbocycles. The van der Waals surface area contributed by atoms with E-state index in [2.05, 4.69) is 40.5 Å². The van der Waals surface area contributed by atoms with Crippen LogP contribution in [0.5, 0.6) is 0 Å². The van der Waals surface area contributed by atoms with E-state index in [-0.39, 0.29) is 0 Å². The molecule has 0 amide bonds. The van der Waals surface area contributed by atoms with Gasteiger partial charge in [0.05, 0.1) is 11.7 Å². The molecule has 0 aliphatic carbocycles. The smallest absolute Gasteiger partial charge is 0.141 e. The molecule has 3 rings (SSSR count). The van der Waals surface area contributed by atoms with Crippen LogP contribution >= 0.6 is 0 Å². The summed E-state index contributed by atoms with van der Waals surface area (Å²) in [5, 5.41) is 2.43. The van der Waals surface area contributed by atoms with Gasteiger partial charge in [0.15, 0.2) is 0 Å². The molecule has 0 fully saturated rings. The molecule has 0 radical (unpaired) electrons. The highest BCUT2D eigenvalue weighted by Gasteiger charge is 2.12. The van der Waals surface area contributed by atoms with Crippen molar-refractivity contribution in [2.75, 3.05) is 0 Å². The lowest BCUT2D eigenvalue weighted by Crippen LogP contribution is -2.00. The average molecular weight is 211 g/mol. The van der Waals surface area contributed by atoms with Crippen LogP contribution in [0.3, 0.4) is 0 Å². The zero-order valence-corrected chi connectivity index (χ0v) is 9.38. The second kappa shape index (κ2) is 3.30. The van der Waals surface area contributed by atoms with Crippen LogP contribution in [-0.4, -0.2) is 14.5 Å². The van der Waals surface area contributed by atoms with Crippen LogP contribution in [0, 0.1) is 0 Å². The number of nitrogens with zero attached hydrogens (tertiary/aromatic N) is 3. The fraction of sp³-hybridized carbons (Fsp3) is 0.231. The molecule has 16 heavy (non-hydrogen) atoms. The van der Waals surface area contributed by atoms with Crippen molar-refractivity contribution < 1.29 is 0 Å². The highest BCUT2D eigenvalue weighted by Crippen LogP contribution is 2.29. The predicted molar refractivity (Wildman–Crippen MR) is 65.4 cm³/mol. The van der Waals surface area contributed by atoms with Crippen LogP contribution < -0.4 is 0 Å². The minimum absolute atomic E-state index is 0.388. The Balaban J connectivity index is 2.59. The molecule has 0 aromatic carbocycles. The molecular weight excluding hydrogens is 198 g/mol. The van der Waals surface area contributed by atoms with Crippen molar-refractivity contribution in [1.29, 1.82) is 0 Å². The van der Waals surface area contributed by atoms with Gasteiger partial charge in [-0.05, 0) is 32.0 Å². The summed E-state index contributed by atoms with van der Waals surface area (Å²) >= 11 is 0. The van der Waals surface area contributed by atoms with Gasteiger partial charge in [-0.3, -0.25) is 4.98 Å². The second-order valence-electron chi connectivity index (χ2n) is 4.23. The molecule has 3 aromatic heterocycles. The summed E-state index contributed by atoms with van der Waals surface area (Å²) in [6, 6.07) is 6.54. The molecule has 0 bridgehead atoms. The van der Waals surface area contributed by atoms with Crippen molar-refractivity contribution >= 4 is 21.9 Å². The third-order valence-electron chi connectivity index (χ3n) is 2.88. The SMILES string of the molecule is CC(C)n1c2cnccc2c2cccnc21. The molecule has 0 atom stereocenters. The van der Waals surface area contributed by atoms with E-state index < -0.39 is 0 Å². The largest absolute Gasteiger partial charge is 0.321 e. The first-order chi connectivity index (χ1) is 7.79. The standard InChI is InChI=1S/C13H13N3/c1-9(2)16-12-8-14-7-5-10(12)11-4-3-6-15-13(11)16/h3-9H,1-2H3. The van der Waals surface area contributed by atoms with Gasteiger partial charge in [-0.25, -0.2) is 4.98 Å². The first-order valence-electron chi connectivity index (χ1n) is 5.47. The van der Waals surface area contributed by atoms with Crippen LogP contribution in [0.1, 0.15) is 19.9 Å². The molecule has 80 valence electrons. The highest BCUT2D eigenvalue weighted by molar-refractivity contribution is 6.06. The Hall–Kier alpha value is -1.90. The van der Waals surface area contributed by atoms with Crippen molar-refractivity contribution in [1.82, 2.24) is 14.5 Å². The molecular formula is C13H13N3. The van der Waals surface area contributed by atoms with E-state index in [0.29, 0.717) is 6.04 Å². The lowest BCUT2D eigenvalue weighted by Gasteiger charge is -2.09. The van der Waals surface area contributed by atoms with Crippen LogP contribution in [0.15, 0.2) is 36.8 Å². The molecule has 0 aliphatic heterocycles. The number of pyridine rings is 2. The van der Waals surface area contributed by atoms with Gasteiger partial charge in [-0.15, -0.1) is 0 Å². The van der Waals surface area contributed by atoms with E-state index in [4.69, 9.17) is 0 Å². The Bertz CT molecular complexity index is 599. The molecule has 0 unspecified atom stereocenters. The summed E-state index contributed by atoms with van der Waals surface area (Å²) in [6.45, 7) is 4.33. The minimum atomic E-state index is 0.388. The molecule has 3 heteroatoms. The van der Waals surface area contributed by atoms with E-state index in [0.717, 1.165) is 11.2 Å². The van der Waals surface area contributed by atoms with Crippen molar-refractivity contribution in [2.24, 2.45) is 0 Å². The Morgan fingerprint density at radius 3 is 2.81 bits per heavy atom. The summed E-state index contributed by atoms with van der Waals surface area (Å²) in [4.78, 5) is 8.68. The van der Waals surface area contributed by atoms with Crippen LogP contribution in [0.25, 0.3) is 21.9 Å². The maximum absolute atomic E-state index is 4.47. The summed E-state index contributed by atoms with van der Waals surface area (Å²) < 4.78 is 2.23. The van der Waals surface area contributed by atoms with Gasteiger partial charge in [0.1, 0.15) is 5.65 Å². The Kier molecular flexibility index (Phi) is 1.93. The fourth-order valence-corrected chi connectivity index (χ4v) is 2.24. The number of rotatable bonds is 1. The van der Waals surface area contributed by atoms with Crippen molar-refractivity contribution in [2.45, 2.75) is 19.9 Å². The maximum atomic E-state index is 4.47. The summed E-state index contributed by atoms with van der Waals surface area (Å²) in [5.41, 5.74) is 2.20. The lowest BCUT2D eigenvalue weighted by atomic mass is 10.2. The van der Waals surface area contributed by atoms with Gasteiger partial charge in [0.2, 0.25) is 0 Å². The number of hydrogen-bond donors (Lipinski definition) is 0. The lowest BCUT2D eigenvalue weighted by molar-refractivity contribution is 0.636. The van der Waals surface area contributed by atoms with Gasteiger partial charge in [0, 0.05) is 29.2 Å². The van der Waals surface area contributed by atoms with Gasteiger partial charge in [0.25, 0.3) is 0 Å². The summed E-state index contributed by atoms with van der Waals surface area (Å²) in [7, 11) is 0. The summed E-state index contributed by atoms with van der Waals surface area (Å²) in [5.74, 6) is 0. The third-order valence-corrected chi connectivity index (χ3v) is 2.88. The van der Waals surface area contributed by atoms with E-state index in [1.54, 1.807) is 0 Å². The summed E-state index contributed by atoms with van der Waals surface area (Å²) in [6.07, 6.45) is 5.59. The van der Waals surface area contributed by atoms with Crippen LogP contribution in [0.4, 0.5) is 0 Å². The first kappa shape index (κ1) is 9.33. The normalized spacial score (nSPS) is 11.7. The quantitative estimate of drug-likeness (QED) is 0.619. The maximum Gasteiger partial charge on any atom is 0.141 e. The van der Waals surface area contributed by atoms with E-state index >= 15 is 0 Å². The first-order valence-corrected chi connectivity index (χ1v) is 5.47. The van der Waals surface area contributed by atoms with Gasteiger partial charge >= 0.3 is 0 Å². The van der Waals surface area contributed by atoms with E-state index in [1.165, 1.54) is 10.8 Å². The number of fused-ring (bicyclic) bond motifs is 3. The van der Waals surface area contributed by atoms with Gasteiger partial charge in [-0.1, -0.05) is 0 Å². The van der Waals surface area contributed by atoms with Crippen LogP contribution in [0.2, 0.25) is 0 Å². The fourth-order valence-electron chi connectivity index (χ4n) is 2.24. The predicted octanol–water partition coefficient (Wildman–Crippen LogP) is 3.17. The van der Waals surface area contributed by atoms with E-state index in [9.17, 15) is 0 Å². The Morgan fingerprint density at radius 2 is 2.00 bits per heavy atom. The molecule has 3 nitrogen and oxygen atoms in total. The van der Waals surface area contributed by atoms with E-state index in [1.807, 2.05) is 24.7 Å². The molecule has 0 spiro atoms. The molecule has 3 heterocycles. The molecule has 0 saturated heterocycles. The third kappa shape index (κ3) is 1.14. The zero-order chi connectivity index (χ0) is 11.1. The molecule has 0 aliphatic rings. The Morgan fingerprint density at radius 1 is 1.12 bits per heavy atom.